The average molecular weight is 489 g/mol. The van der Waals surface area contributed by atoms with Crippen LogP contribution in [0.4, 0.5) is 10.6 Å². The molecule has 0 aliphatic carbocycles. The lowest BCUT2D eigenvalue weighted by atomic mass is 9.95. The van der Waals surface area contributed by atoms with Gasteiger partial charge in [0.2, 0.25) is 5.91 Å². The number of anilines is 1. The molecule has 3 aliphatic rings. The number of hydrogen-bond acceptors (Lipinski definition) is 7. The van der Waals surface area contributed by atoms with Gasteiger partial charge < -0.3 is 19.4 Å². The van der Waals surface area contributed by atoms with E-state index in [1.807, 2.05) is 6.92 Å². The highest BCUT2D eigenvalue weighted by molar-refractivity contribution is 6.08. The number of nitrogens with zero attached hydrogens (tertiary/aromatic N) is 3. The summed E-state index contributed by atoms with van der Waals surface area (Å²) in [5.41, 5.74) is 0.456. The number of nitrogens with one attached hydrogen (secondary N) is 2. The molecule has 0 bridgehead atoms. The summed E-state index contributed by atoms with van der Waals surface area (Å²) in [6, 6.07) is 9.53. The molecule has 2 aromatic heterocycles. The maximum Gasteiger partial charge on any atom is 0.322 e. The maximum atomic E-state index is 13.2. The molecule has 2 saturated heterocycles. The van der Waals surface area contributed by atoms with Crippen LogP contribution in [0.2, 0.25) is 0 Å². The van der Waals surface area contributed by atoms with E-state index in [9.17, 15) is 19.2 Å². The van der Waals surface area contributed by atoms with Gasteiger partial charge in [0.25, 0.3) is 11.8 Å². The van der Waals surface area contributed by atoms with Crippen molar-refractivity contribution in [3.05, 3.63) is 53.3 Å². The molecule has 3 aliphatic heterocycles. The third kappa shape index (κ3) is 3.23. The highest BCUT2D eigenvalue weighted by Gasteiger charge is 2.53. The molecule has 2 N–H and O–H groups in total. The quantitative estimate of drug-likeness (QED) is 0.524. The van der Waals surface area contributed by atoms with Crippen molar-refractivity contribution >= 4 is 40.7 Å². The van der Waals surface area contributed by atoms with E-state index in [0.717, 1.165) is 12.0 Å². The predicted octanol–water partition coefficient (Wildman–Crippen LogP) is 2.04. The molecule has 1 aromatic carbocycles. The molecule has 3 aromatic rings. The van der Waals surface area contributed by atoms with E-state index in [1.54, 1.807) is 41.3 Å². The Balaban J connectivity index is 1.37. The van der Waals surface area contributed by atoms with Crippen LogP contribution in [-0.2, 0) is 21.7 Å². The molecule has 0 saturated carbocycles. The van der Waals surface area contributed by atoms with Gasteiger partial charge in [-0.2, -0.15) is 0 Å². The van der Waals surface area contributed by atoms with Crippen molar-refractivity contribution < 1.29 is 28.3 Å². The zero-order valence-corrected chi connectivity index (χ0v) is 19.7. The topological polar surface area (TPSA) is 134 Å². The Morgan fingerprint density at radius 1 is 1.17 bits per heavy atom. The Morgan fingerprint density at radius 2 is 2.00 bits per heavy atom. The van der Waals surface area contributed by atoms with Crippen molar-refractivity contribution in [1.29, 1.82) is 0 Å². The van der Waals surface area contributed by atoms with Gasteiger partial charge in [-0.15, -0.1) is 0 Å². The molecule has 0 spiro atoms. The van der Waals surface area contributed by atoms with E-state index < -0.39 is 17.5 Å². The molecule has 5 heterocycles. The second-order valence-electron chi connectivity index (χ2n) is 9.31. The van der Waals surface area contributed by atoms with Crippen molar-refractivity contribution in [2.45, 2.75) is 37.9 Å². The third-order valence-corrected chi connectivity index (χ3v) is 7.08. The lowest BCUT2D eigenvalue weighted by molar-refractivity contribution is -0.125. The van der Waals surface area contributed by atoms with Crippen LogP contribution in [0.3, 0.4) is 0 Å². The van der Waals surface area contributed by atoms with Gasteiger partial charge in [-0.05, 0) is 43.2 Å². The van der Waals surface area contributed by atoms with Gasteiger partial charge in [-0.1, -0.05) is 6.07 Å². The van der Waals surface area contributed by atoms with Gasteiger partial charge in [-0.3, -0.25) is 24.6 Å². The fourth-order valence-corrected chi connectivity index (χ4v) is 5.17. The molecule has 36 heavy (non-hydrogen) atoms. The van der Waals surface area contributed by atoms with E-state index in [-0.39, 0.29) is 36.7 Å². The molecule has 2 fully saturated rings. The minimum Gasteiger partial charge on any atom is -0.497 e. The standard InChI is InChI=1S/C25H23N5O6/c1-13-3-8-21(31)30(13)20-7-6-18-17(26-20)10-19(36-18)25(23(33)27-24(34)28-25)12-29-11-14-4-5-15(35-2)9-16(14)22(29)32/h4-7,9-10,13H,3,8,11-12H2,1-2H3,(H2,27,28,33,34). The van der Waals surface area contributed by atoms with E-state index in [0.29, 0.717) is 34.7 Å². The fraction of sp³-hybridized carbons (Fsp3) is 0.320. The SMILES string of the molecule is COc1ccc2c(c1)C(=O)N(CC1(c3cc4nc(N5C(=O)CCC5C)ccc4o3)NC(=O)NC1=O)C2. The van der Waals surface area contributed by atoms with Crippen molar-refractivity contribution in [3.63, 3.8) is 0 Å². The first-order valence-electron chi connectivity index (χ1n) is 11.6. The van der Waals surface area contributed by atoms with Crippen molar-refractivity contribution in [3.8, 4) is 5.75 Å². The first kappa shape index (κ1) is 22.1. The van der Waals surface area contributed by atoms with Crippen LogP contribution < -0.4 is 20.3 Å². The van der Waals surface area contributed by atoms with Gasteiger partial charge in [0.1, 0.15) is 22.8 Å². The normalized spacial score (nSPS) is 23.4. The Hall–Kier alpha value is -4.41. The van der Waals surface area contributed by atoms with Crippen LogP contribution in [-0.4, -0.2) is 53.3 Å². The number of amides is 5. The number of benzene rings is 1. The molecule has 0 radical (unpaired) electrons. The molecule has 11 nitrogen and oxygen atoms in total. The summed E-state index contributed by atoms with van der Waals surface area (Å²) in [6.07, 6.45) is 1.22. The smallest absolute Gasteiger partial charge is 0.322 e. The maximum absolute atomic E-state index is 13.2. The third-order valence-electron chi connectivity index (χ3n) is 7.08. The van der Waals surface area contributed by atoms with Crippen LogP contribution in [0.15, 0.2) is 40.8 Å². The van der Waals surface area contributed by atoms with Crippen LogP contribution in [0.5, 0.6) is 5.75 Å². The van der Waals surface area contributed by atoms with Crippen LogP contribution in [0.25, 0.3) is 11.1 Å². The summed E-state index contributed by atoms with van der Waals surface area (Å²) in [7, 11) is 1.52. The lowest BCUT2D eigenvalue weighted by Crippen LogP contribution is -2.52. The number of ether oxygens (including phenoxy) is 1. The van der Waals surface area contributed by atoms with Crippen molar-refractivity contribution in [1.82, 2.24) is 20.5 Å². The summed E-state index contributed by atoms with van der Waals surface area (Å²) >= 11 is 0. The Bertz CT molecular complexity index is 1460. The highest BCUT2D eigenvalue weighted by atomic mass is 16.5. The Labute approximate surface area is 205 Å². The molecule has 2 unspecified atom stereocenters. The molecule has 5 amide bonds. The number of methoxy groups -OCH3 is 1. The minimum absolute atomic E-state index is 0.000662. The zero-order valence-electron chi connectivity index (χ0n) is 19.7. The number of carbonyl (C=O) groups is 4. The first-order valence-corrected chi connectivity index (χ1v) is 11.6. The Morgan fingerprint density at radius 3 is 2.69 bits per heavy atom. The summed E-state index contributed by atoms with van der Waals surface area (Å²) in [4.78, 5) is 58.6. The molecule has 2 atom stereocenters. The second kappa shape index (κ2) is 7.80. The largest absolute Gasteiger partial charge is 0.497 e. The number of carbonyl (C=O) groups excluding carboxylic acids is 4. The number of imide groups is 1. The van der Waals surface area contributed by atoms with E-state index in [4.69, 9.17) is 9.15 Å². The van der Waals surface area contributed by atoms with E-state index in [1.165, 1.54) is 12.0 Å². The number of fused-ring (bicyclic) bond motifs is 2. The van der Waals surface area contributed by atoms with Gasteiger partial charge >= 0.3 is 6.03 Å². The first-order chi connectivity index (χ1) is 17.3. The average Bonchev–Trinajstić information content (AvgIpc) is 3.59. The number of rotatable bonds is 5. The van der Waals surface area contributed by atoms with Crippen molar-refractivity contribution in [2.24, 2.45) is 0 Å². The van der Waals surface area contributed by atoms with E-state index >= 15 is 0 Å². The summed E-state index contributed by atoms with van der Waals surface area (Å²) in [5.74, 6) is 0.286. The van der Waals surface area contributed by atoms with Gasteiger partial charge in [0.05, 0.1) is 13.7 Å². The fourth-order valence-electron chi connectivity index (χ4n) is 5.17. The van der Waals surface area contributed by atoms with Gasteiger partial charge in [-0.25, -0.2) is 9.78 Å². The van der Waals surface area contributed by atoms with Crippen molar-refractivity contribution in [2.75, 3.05) is 18.6 Å². The van der Waals surface area contributed by atoms with Crippen LogP contribution in [0.1, 0.15) is 41.4 Å². The van der Waals surface area contributed by atoms with Crippen LogP contribution >= 0.6 is 0 Å². The van der Waals surface area contributed by atoms with E-state index in [2.05, 4.69) is 15.6 Å². The lowest BCUT2D eigenvalue weighted by Gasteiger charge is -2.28. The molecule has 11 heteroatoms. The molecule has 184 valence electrons. The molecule has 6 rings (SSSR count). The monoisotopic (exact) mass is 489 g/mol. The minimum atomic E-state index is -1.64. The van der Waals surface area contributed by atoms with Gasteiger partial charge in [0, 0.05) is 30.6 Å². The molecular formula is C25H23N5O6. The number of aromatic nitrogens is 1. The van der Waals surface area contributed by atoms with Crippen LogP contribution in [0, 0.1) is 0 Å². The predicted molar refractivity (Wildman–Crippen MR) is 126 cm³/mol. The second-order valence-corrected chi connectivity index (χ2v) is 9.31. The summed E-state index contributed by atoms with van der Waals surface area (Å²) < 4.78 is 11.2. The number of pyridine rings is 1. The number of urea groups is 1. The number of furan rings is 1. The molecular weight excluding hydrogens is 466 g/mol. The summed E-state index contributed by atoms with van der Waals surface area (Å²) in [6.45, 7) is 2.08. The number of hydrogen-bond donors (Lipinski definition) is 2. The highest BCUT2D eigenvalue weighted by Crippen LogP contribution is 2.35. The Kier molecular flexibility index (Phi) is 4.79. The van der Waals surface area contributed by atoms with Gasteiger partial charge in [0.15, 0.2) is 11.1 Å². The summed E-state index contributed by atoms with van der Waals surface area (Å²) in [5, 5.41) is 4.94. The zero-order chi connectivity index (χ0) is 25.2.